The molecule has 1 amide bonds. The van der Waals surface area contributed by atoms with Crippen molar-refractivity contribution in [2.24, 2.45) is 0 Å². The van der Waals surface area contributed by atoms with Crippen LogP contribution in [0.3, 0.4) is 0 Å². The number of aromatic nitrogens is 1. The Hall–Kier alpha value is -2.05. The second-order valence-electron chi connectivity index (χ2n) is 5.73. The first kappa shape index (κ1) is 15.8. The second-order valence-corrected chi connectivity index (χ2v) is 6.17. The number of carbonyl (C=O) groups excluding carboxylic acids is 1. The van der Waals surface area contributed by atoms with E-state index in [1.165, 1.54) is 0 Å². The van der Waals surface area contributed by atoms with E-state index in [1.807, 2.05) is 12.1 Å². The molecule has 122 valence electrons. The summed E-state index contributed by atoms with van der Waals surface area (Å²) in [6.07, 6.45) is 0. The van der Waals surface area contributed by atoms with Crippen LogP contribution in [-0.2, 0) is 0 Å². The fraction of sp³-hybridized carbons (Fsp3) is 0.375. The van der Waals surface area contributed by atoms with Crippen LogP contribution < -0.4 is 10.2 Å². The summed E-state index contributed by atoms with van der Waals surface area (Å²) in [7, 11) is 2.11. The van der Waals surface area contributed by atoms with Crippen molar-refractivity contribution in [1.29, 1.82) is 0 Å². The Morgan fingerprint density at radius 1 is 1.26 bits per heavy atom. The highest BCUT2D eigenvalue weighted by molar-refractivity contribution is 6.31. The maximum atomic E-state index is 12.3. The van der Waals surface area contributed by atoms with Gasteiger partial charge in [0.05, 0.1) is 11.4 Å². The normalized spacial score (nSPS) is 15.7. The van der Waals surface area contributed by atoms with Gasteiger partial charge in [-0.1, -0.05) is 16.8 Å². The molecule has 1 aliphatic rings. The van der Waals surface area contributed by atoms with Gasteiger partial charge < -0.3 is 19.6 Å². The van der Waals surface area contributed by atoms with Crippen LogP contribution in [0.2, 0.25) is 5.02 Å². The number of aryl methyl sites for hydroxylation is 1. The van der Waals surface area contributed by atoms with E-state index in [1.54, 1.807) is 19.1 Å². The van der Waals surface area contributed by atoms with Crippen molar-refractivity contribution in [2.45, 2.75) is 6.92 Å². The number of amides is 1. The van der Waals surface area contributed by atoms with E-state index in [9.17, 15) is 4.79 Å². The second kappa shape index (κ2) is 6.60. The molecule has 1 fully saturated rings. The SMILES string of the molecule is Cc1cc(C(=O)Nc2cc(Cl)ccc2N2CCN(C)CC2)no1. The van der Waals surface area contributed by atoms with Gasteiger partial charge in [0.25, 0.3) is 5.91 Å². The highest BCUT2D eigenvalue weighted by Crippen LogP contribution is 2.30. The van der Waals surface area contributed by atoms with E-state index in [0.717, 1.165) is 31.9 Å². The molecule has 1 aromatic carbocycles. The molecule has 0 bridgehead atoms. The summed E-state index contributed by atoms with van der Waals surface area (Å²) >= 11 is 6.10. The third kappa shape index (κ3) is 3.65. The molecule has 1 aromatic heterocycles. The number of nitrogens with one attached hydrogen (secondary N) is 1. The summed E-state index contributed by atoms with van der Waals surface area (Å²) in [4.78, 5) is 16.9. The molecule has 1 aliphatic heterocycles. The fourth-order valence-corrected chi connectivity index (χ4v) is 2.76. The lowest BCUT2D eigenvalue weighted by atomic mass is 10.2. The van der Waals surface area contributed by atoms with E-state index in [4.69, 9.17) is 16.1 Å². The van der Waals surface area contributed by atoms with E-state index in [-0.39, 0.29) is 11.6 Å². The van der Waals surface area contributed by atoms with Crippen molar-refractivity contribution in [2.75, 3.05) is 43.4 Å². The number of likely N-dealkylation sites (N-methyl/N-ethyl adjacent to an activating group) is 1. The molecule has 0 spiro atoms. The number of piperazine rings is 1. The highest BCUT2D eigenvalue weighted by atomic mass is 35.5. The lowest BCUT2D eigenvalue weighted by Crippen LogP contribution is -2.44. The van der Waals surface area contributed by atoms with Crippen molar-refractivity contribution < 1.29 is 9.32 Å². The number of carbonyl (C=O) groups is 1. The Labute approximate surface area is 140 Å². The molecule has 2 heterocycles. The Morgan fingerprint density at radius 2 is 2.00 bits per heavy atom. The summed E-state index contributed by atoms with van der Waals surface area (Å²) in [6.45, 7) is 5.53. The zero-order valence-corrected chi connectivity index (χ0v) is 13.9. The third-order valence-corrected chi connectivity index (χ3v) is 4.15. The lowest BCUT2D eigenvalue weighted by molar-refractivity contribution is 0.101. The van der Waals surface area contributed by atoms with Crippen molar-refractivity contribution >= 4 is 28.9 Å². The third-order valence-electron chi connectivity index (χ3n) is 3.91. The standard InChI is InChI=1S/C16H19ClN4O2/c1-11-9-14(19-23-11)16(22)18-13-10-12(17)3-4-15(13)21-7-5-20(2)6-8-21/h3-4,9-10H,5-8H2,1-2H3,(H,18,22). The first-order valence-electron chi connectivity index (χ1n) is 7.50. The molecule has 3 rings (SSSR count). The molecule has 23 heavy (non-hydrogen) atoms. The van der Waals surface area contributed by atoms with Gasteiger partial charge in [-0.05, 0) is 32.2 Å². The number of anilines is 2. The van der Waals surface area contributed by atoms with Crippen LogP contribution in [0.4, 0.5) is 11.4 Å². The van der Waals surface area contributed by atoms with Gasteiger partial charge in [-0.2, -0.15) is 0 Å². The van der Waals surface area contributed by atoms with Crippen LogP contribution in [0.5, 0.6) is 0 Å². The number of rotatable bonds is 3. The minimum Gasteiger partial charge on any atom is -0.367 e. The topological polar surface area (TPSA) is 61.6 Å². The molecule has 0 radical (unpaired) electrons. The first-order chi connectivity index (χ1) is 11.0. The number of benzene rings is 1. The number of hydrogen-bond acceptors (Lipinski definition) is 5. The van der Waals surface area contributed by atoms with Crippen molar-refractivity contribution in [3.05, 3.63) is 40.7 Å². The summed E-state index contributed by atoms with van der Waals surface area (Å²) in [5, 5.41) is 7.21. The number of halogens is 1. The molecule has 7 heteroatoms. The lowest BCUT2D eigenvalue weighted by Gasteiger charge is -2.35. The predicted octanol–water partition coefficient (Wildman–Crippen LogP) is 2.64. The average molecular weight is 335 g/mol. The summed E-state index contributed by atoms with van der Waals surface area (Å²) in [5.41, 5.74) is 1.91. The molecule has 0 aliphatic carbocycles. The molecule has 1 N–H and O–H groups in total. The zero-order chi connectivity index (χ0) is 16.4. The zero-order valence-electron chi connectivity index (χ0n) is 13.2. The maximum Gasteiger partial charge on any atom is 0.277 e. The van der Waals surface area contributed by atoms with Gasteiger partial charge in [-0.3, -0.25) is 4.79 Å². The molecule has 0 atom stereocenters. The minimum atomic E-state index is -0.306. The summed E-state index contributed by atoms with van der Waals surface area (Å²) in [6, 6.07) is 7.15. The van der Waals surface area contributed by atoms with E-state index in [2.05, 4.69) is 27.3 Å². The molecule has 1 saturated heterocycles. The van der Waals surface area contributed by atoms with Crippen molar-refractivity contribution in [3.8, 4) is 0 Å². The van der Waals surface area contributed by atoms with Gasteiger partial charge in [0.1, 0.15) is 5.76 Å². The fourth-order valence-electron chi connectivity index (χ4n) is 2.59. The largest absolute Gasteiger partial charge is 0.367 e. The smallest absolute Gasteiger partial charge is 0.277 e. The predicted molar refractivity (Wildman–Crippen MR) is 90.4 cm³/mol. The Kier molecular flexibility index (Phi) is 4.54. The summed E-state index contributed by atoms with van der Waals surface area (Å²) < 4.78 is 4.95. The van der Waals surface area contributed by atoms with Crippen LogP contribution in [0, 0.1) is 6.92 Å². The molecular weight excluding hydrogens is 316 g/mol. The van der Waals surface area contributed by atoms with Crippen molar-refractivity contribution in [3.63, 3.8) is 0 Å². The maximum absolute atomic E-state index is 12.3. The number of nitrogens with zero attached hydrogens (tertiary/aromatic N) is 3. The van der Waals surface area contributed by atoms with Crippen molar-refractivity contribution in [1.82, 2.24) is 10.1 Å². The highest BCUT2D eigenvalue weighted by Gasteiger charge is 2.19. The van der Waals surface area contributed by atoms with Crippen LogP contribution in [0.25, 0.3) is 0 Å². The van der Waals surface area contributed by atoms with Crippen LogP contribution in [-0.4, -0.2) is 49.2 Å². The van der Waals surface area contributed by atoms with Crippen LogP contribution >= 0.6 is 11.6 Å². The molecule has 6 nitrogen and oxygen atoms in total. The Balaban J connectivity index is 1.83. The molecule has 0 saturated carbocycles. The molecule has 0 unspecified atom stereocenters. The van der Waals surface area contributed by atoms with Crippen LogP contribution in [0.1, 0.15) is 16.2 Å². The van der Waals surface area contributed by atoms with Gasteiger partial charge in [0, 0.05) is 37.3 Å². The quantitative estimate of drug-likeness (QED) is 0.935. The Bertz CT molecular complexity index is 708. The average Bonchev–Trinajstić information content (AvgIpc) is 2.95. The monoisotopic (exact) mass is 334 g/mol. The van der Waals surface area contributed by atoms with Gasteiger partial charge in [0.15, 0.2) is 5.69 Å². The van der Waals surface area contributed by atoms with E-state index < -0.39 is 0 Å². The molecule has 2 aromatic rings. The van der Waals surface area contributed by atoms with Gasteiger partial charge in [-0.25, -0.2) is 0 Å². The number of hydrogen-bond donors (Lipinski definition) is 1. The first-order valence-corrected chi connectivity index (χ1v) is 7.88. The Morgan fingerprint density at radius 3 is 2.65 bits per heavy atom. The van der Waals surface area contributed by atoms with E-state index in [0.29, 0.717) is 16.5 Å². The summed E-state index contributed by atoms with van der Waals surface area (Å²) in [5.74, 6) is 0.292. The van der Waals surface area contributed by atoms with Gasteiger partial charge in [0.2, 0.25) is 0 Å². The van der Waals surface area contributed by atoms with E-state index >= 15 is 0 Å². The van der Waals surface area contributed by atoms with Crippen LogP contribution in [0.15, 0.2) is 28.8 Å². The van der Waals surface area contributed by atoms with Gasteiger partial charge >= 0.3 is 0 Å². The minimum absolute atomic E-state index is 0.256. The van der Waals surface area contributed by atoms with Gasteiger partial charge in [-0.15, -0.1) is 0 Å². The molecular formula is C16H19ClN4O2.